The van der Waals surface area contributed by atoms with Crippen LogP contribution in [-0.4, -0.2) is 28.5 Å². The number of benzene rings is 2. The summed E-state index contributed by atoms with van der Waals surface area (Å²) in [5, 5.41) is 16.3. The molecule has 0 atom stereocenters. The van der Waals surface area contributed by atoms with Gasteiger partial charge in [-0.15, -0.1) is 0 Å². The summed E-state index contributed by atoms with van der Waals surface area (Å²) in [6.45, 7) is 2.08. The molecule has 2 aromatic carbocycles. The van der Waals surface area contributed by atoms with Crippen LogP contribution in [-0.2, 0) is 4.79 Å². The Morgan fingerprint density at radius 3 is 2.66 bits per heavy atom. The highest BCUT2D eigenvalue weighted by molar-refractivity contribution is 7.80. The first-order chi connectivity index (χ1) is 13.9. The van der Waals surface area contributed by atoms with Gasteiger partial charge in [0, 0.05) is 12.1 Å². The molecule has 1 heterocycles. The Balaban J connectivity index is 1.85. The van der Waals surface area contributed by atoms with E-state index in [4.69, 9.17) is 21.7 Å². The van der Waals surface area contributed by atoms with Crippen molar-refractivity contribution in [1.82, 2.24) is 10.6 Å². The van der Waals surface area contributed by atoms with E-state index in [1.54, 1.807) is 25.1 Å². The second kappa shape index (κ2) is 8.48. The molecule has 10 heteroatoms. The minimum atomic E-state index is -0.761. The van der Waals surface area contributed by atoms with Crippen molar-refractivity contribution in [2.75, 3.05) is 6.61 Å². The van der Waals surface area contributed by atoms with Gasteiger partial charge in [-0.05, 0) is 49.0 Å². The SMILES string of the molecule is CCOc1cc(/C=C2/NC(=S)NC2=O)ccc1OC(=O)c1cccc([N+](=O)[O-])c1. The third kappa shape index (κ3) is 4.74. The Kier molecular flexibility index (Phi) is 5.84. The smallest absolute Gasteiger partial charge is 0.343 e. The van der Waals surface area contributed by atoms with Gasteiger partial charge >= 0.3 is 5.97 Å². The van der Waals surface area contributed by atoms with Gasteiger partial charge in [0.05, 0.1) is 17.1 Å². The molecule has 0 radical (unpaired) electrons. The maximum atomic E-state index is 12.4. The summed E-state index contributed by atoms with van der Waals surface area (Å²) in [6, 6.07) is 9.97. The number of amides is 1. The predicted molar refractivity (Wildman–Crippen MR) is 108 cm³/mol. The molecule has 1 saturated heterocycles. The molecule has 3 rings (SSSR count). The van der Waals surface area contributed by atoms with Crippen LogP contribution in [0.2, 0.25) is 0 Å². The summed E-state index contributed by atoms with van der Waals surface area (Å²) >= 11 is 4.89. The van der Waals surface area contributed by atoms with E-state index in [1.807, 2.05) is 0 Å². The number of ether oxygens (including phenoxy) is 2. The average molecular weight is 413 g/mol. The lowest BCUT2D eigenvalue weighted by molar-refractivity contribution is -0.384. The van der Waals surface area contributed by atoms with Crippen molar-refractivity contribution in [3.8, 4) is 11.5 Å². The van der Waals surface area contributed by atoms with Crippen LogP contribution in [0.5, 0.6) is 11.5 Å². The molecule has 2 aromatic rings. The molecular weight excluding hydrogens is 398 g/mol. The molecule has 9 nitrogen and oxygen atoms in total. The zero-order valence-corrected chi connectivity index (χ0v) is 15.9. The molecule has 1 fully saturated rings. The predicted octanol–water partition coefficient (Wildman–Crippen LogP) is 2.56. The molecule has 1 amide bonds. The molecular formula is C19H15N3O6S. The summed E-state index contributed by atoms with van der Waals surface area (Å²) in [5.74, 6) is -0.691. The summed E-state index contributed by atoms with van der Waals surface area (Å²) in [7, 11) is 0. The van der Waals surface area contributed by atoms with Crippen LogP contribution in [0.4, 0.5) is 5.69 Å². The standard InChI is InChI=1S/C19H15N3O6S/c1-2-27-16-9-11(8-14-17(23)21-19(29)20-14)6-7-15(16)28-18(24)12-4-3-5-13(10-12)22(25)26/h3-10H,2H2,1H3,(H2,20,21,23,29)/b14-8+. The van der Waals surface area contributed by atoms with Gasteiger partial charge in [0.25, 0.3) is 11.6 Å². The highest BCUT2D eigenvalue weighted by Gasteiger charge is 2.21. The third-order valence-electron chi connectivity index (χ3n) is 3.79. The van der Waals surface area contributed by atoms with Crippen molar-refractivity contribution in [3.63, 3.8) is 0 Å². The molecule has 0 aromatic heterocycles. The highest BCUT2D eigenvalue weighted by Crippen LogP contribution is 2.30. The number of nitrogens with one attached hydrogen (secondary N) is 2. The molecule has 29 heavy (non-hydrogen) atoms. The third-order valence-corrected chi connectivity index (χ3v) is 4.00. The quantitative estimate of drug-likeness (QED) is 0.185. The number of thiocarbonyl (C=S) groups is 1. The summed E-state index contributed by atoms with van der Waals surface area (Å²) in [5.41, 5.74) is 0.713. The Hall–Kier alpha value is -3.79. The number of carbonyl (C=O) groups is 2. The van der Waals surface area contributed by atoms with E-state index in [1.165, 1.54) is 24.3 Å². The van der Waals surface area contributed by atoms with E-state index in [0.717, 1.165) is 6.07 Å². The molecule has 1 aliphatic rings. The first-order valence-electron chi connectivity index (χ1n) is 8.45. The number of non-ortho nitro benzene ring substituents is 1. The van der Waals surface area contributed by atoms with E-state index in [2.05, 4.69) is 10.6 Å². The summed E-state index contributed by atoms with van der Waals surface area (Å²) in [4.78, 5) is 34.5. The molecule has 0 unspecified atom stereocenters. The van der Waals surface area contributed by atoms with Gasteiger partial charge in [-0.25, -0.2) is 4.79 Å². The fourth-order valence-corrected chi connectivity index (χ4v) is 2.72. The molecule has 0 aliphatic carbocycles. The van der Waals surface area contributed by atoms with Crippen molar-refractivity contribution in [2.45, 2.75) is 6.92 Å². The van der Waals surface area contributed by atoms with Gasteiger partial charge in [-0.2, -0.15) is 0 Å². The van der Waals surface area contributed by atoms with E-state index in [9.17, 15) is 19.7 Å². The molecule has 0 bridgehead atoms. The number of carbonyl (C=O) groups excluding carboxylic acids is 2. The topological polar surface area (TPSA) is 120 Å². The van der Waals surface area contributed by atoms with E-state index in [-0.39, 0.29) is 39.5 Å². The molecule has 0 saturated carbocycles. The van der Waals surface area contributed by atoms with Crippen molar-refractivity contribution in [2.24, 2.45) is 0 Å². The average Bonchev–Trinajstić information content (AvgIpc) is 3.00. The number of hydrogen-bond donors (Lipinski definition) is 2. The lowest BCUT2D eigenvalue weighted by Crippen LogP contribution is -2.21. The van der Waals surface area contributed by atoms with E-state index < -0.39 is 10.9 Å². The highest BCUT2D eigenvalue weighted by atomic mass is 32.1. The summed E-state index contributed by atoms with van der Waals surface area (Å²) in [6.07, 6.45) is 1.57. The number of nitro groups is 1. The van der Waals surface area contributed by atoms with Crippen LogP contribution >= 0.6 is 12.2 Å². The Bertz CT molecular complexity index is 1050. The Morgan fingerprint density at radius 1 is 1.21 bits per heavy atom. The number of esters is 1. The maximum Gasteiger partial charge on any atom is 0.343 e. The van der Waals surface area contributed by atoms with E-state index >= 15 is 0 Å². The lowest BCUT2D eigenvalue weighted by atomic mass is 10.1. The van der Waals surface area contributed by atoms with Gasteiger partial charge in [-0.3, -0.25) is 20.2 Å². The van der Waals surface area contributed by atoms with Gasteiger partial charge < -0.3 is 14.8 Å². The van der Waals surface area contributed by atoms with Crippen molar-refractivity contribution in [3.05, 3.63) is 69.4 Å². The minimum Gasteiger partial charge on any atom is -0.490 e. The monoisotopic (exact) mass is 413 g/mol. The number of nitro benzene ring substituents is 1. The maximum absolute atomic E-state index is 12.4. The number of nitrogens with zero attached hydrogens (tertiary/aromatic N) is 1. The largest absolute Gasteiger partial charge is 0.490 e. The Morgan fingerprint density at radius 2 is 2.00 bits per heavy atom. The van der Waals surface area contributed by atoms with Crippen LogP contribution in [0.15, 0.2) is 48.2 Å². The van der Waals surface area contributed by atoms with E-state index in [0.29, 0.717) is 12.2 Å². The van der Waals surface area contributed by atoms with Crippen LogP contribution < -0.4 is 20.1 Å². The zero-order chi connectivity index (χ0) is 21.0. The van der Waals surface area contributed by atoms with Gasteiger partial charge in [0.2, 0.25) is 0 Å². The molecule has 148 valence electrons. The van der Waals surface area contributed by atoms with Gasteiger partial charge in [0.1, 0.15) is 5.70 Å². The fourth-order valence-electron chi connectivity index (χ4n) is 2.52. The molecule has 2 N–H and O–H groups in total. The van der Waals surface area contributed by atoms with Crippen molar-refractivity contribution < 1.29 is 24.0 Å². The first-order valence-corrected chi connectivity index (χ1v) is 8.85. The second-order valence-electron chi connectivity index (χ2n) is 5.80. The number of hydrogen-bond acceptors (Lipinski definition) is 7. The molecule has 0 spiro atoms. The van der Waals surface area contributed by atoms with Crippen LogP contribution in [0.3, 0.4) is 0 Å². The zero-order valence-electron chi connectivity index (χ0n) is 15.1. The second-order valence-corrected chi connectivity index (χ2v) is 6.21. The van der Waals surface area contributed by atoms with Crippen LogP contribution in [0.1, 0.15) is 22.8 Å². The normalized spacial score (nSPS) is 14.3. The minimum absolute atomic E-state index is 0.0354. The van der Waals surface area contributed by atoms with Gasteiger partial charge in [-0.1, -0.05) is 12.1 Å². The lowest BCUT2D eigenvalue weighted by Gasteiger charge is -2.11. The van der Waals surface area contributed by atoms with Crippen LogP contribution in [0, 0.1) is 10.1 Å². The Labute approximate surface area is 170 Å². The fraction of sp³-hybridized carbons (Fsp3) is 0.105. The first kappa shape index (κ1) is 20.0. The van der Waals surface area contributed by atoms with Crippen molar-refractivity contribution in [1.29, 1.82) is 0 Å². The van der Waals surface area contributed by atoms with Crippen LogP contribution in [0.25, 0.3) is 6.08 Å². The van der Waals surface area contributed by atoms with Gasteiger partial charge in [0.15, 0.2) is 16.6 Å². The molecule has 1 aliphatic heterocycles. The number of rotatable bonds is 6. The van der Waals surface area contributed by atoms with Crippen molar-refractivity contribution >= 4 is 41.0 Å². The summed E-state index contributed by atoms with van der Waals surface area (Å²) < 4.78 is 10.9.